The number of aromatic nitrogens is 2. The maximum Gasteiger partial charge on any atom is 0.260 e. The lowest BCUT2D eigenvalue weighted by atomic mass is 9.97. The number of nitrogens with one attached hydrogen (secondary N) is 1. The second-order valence-corrected chi connectivity index (χ2v) is 8.33. The van der Waals surface area contributed by atoms with Crippen LogP contribution in [0.15, 0.2) is 29.1 Å². The van der Waals surface area contributed by atoms with E-state index in [1.807, 2.05) is 24.3 Å². The van der Waals surface area contributed by atoms with Crippen molar-refractivity contribution in [3.8, 4) is 11.8 Å². The van der Waals surface area contributed by atoms with Crippen LogP contribution in [-0.4, -0.2) is 16.6 Å². The normalized spacial score (nSPS) is 13.9. The summed E-state index contributed by atoms with van der Waals surface area (Å²) in [6.07, 6.45) is 8.08. The van der Waals surface area contributed by atoms with Gasteiger partial charge in [-0.25, -0.2) is 4.98 Å². The van der Waals surface area contributed by atoms with Gasteiger partial charge in [0.15, 0.2) is 5.82 Å². The minimum Gasteiger partial charge on any atom is -0.494 e. The van der Waals surface area contributed by atoms with Crippen LogP contribution in [0.25, 0.3) is 21.9 Å². The van der Waals surface area contributed by atoms with Crippen LogP contribution in [0.3, 0.4) is 0 Å². The quantitative estimate of drug-likeness (QED) is 0.457. The van der Waals surface area contributed by atoms with E-state index < -0.39 is 0 Å². The molecule has 1 N–H and O–H groups in total. The van der Waals surface area contributed by atoms with Gasteiger partial charge in [0, 0.05) is 4.88 Å². The molecule has 1 aliphatic carbocycles. The Balaban J connectivity index is 1.64. The van der Waals surface area contributed by atoms with Gasteiger partial charge >= 0.3 is 0 Å². The Bertz CT molecular complexity index is 1150. The highest BCUT2D eigenvalue weighted by molar-refractivity contribution is 7.18. The molecule has 1 aromatic carbocycles. The average molecular weight is 406 g/mol. The molecule has 0 amide bonds. The Kier molecular flexibility index (Phi) is 5.77. The Morgan fingerprint density at radius 3 is 2.86 bits per heavy atom. The third-order valence-corrected chi connectivity index (χ3v) is 6.34. The number of aromatic amines is 1. The number of fused-ring (bicyclic) bond motifs is 3. The molecule has 4 rings (SSSR count). The predicted octanol–water partition coefficient (Wildman–Crippen LogP) is 5.11. The molecule has 0 saturated heterocycles. The number of hydrogen-bond donors (Lipinski definition) is 1. The highest BCUT2D eigenvalue weighted by atomic mass is 32.1. The van der Waals surface area contributed by atoms with E-state index in [1.165, 1.54) is 4.88 Å². The minimum absolute atomic E-state index is 0.148. The van der Waals surface area contributed by atoms with Crippen LogP contribution in [0.2, 0.25) is 0 Å². The number of unbranched alkanes of at least 4 members (excludes halogenated alkanes) is 1. The van der Waals surface area contributed by atoms with Crippen molar-refractivity contribution < 1.29 is 4.74 Å². The summed E-state index contributed by atoms with van der Waals surface area (Å²) in [5.74, 6) is 1.14. The molecule has 0 radical (unpaired) electrons. The summed E-state index contributed by atoms with van der Waals surface area (Å²) >= 11 is 1.59. The Morgan fingerprint density at radius 2 is 2.10 bits per heavy atom. The standard InChI is InChI=1S/C23H23N3O2S/c1-2-3-12-28-17-10-8-15(9-11-17)13-16(14-24)21-25-22(27)20-18-6-4-5-7-19(18)29-23(20)26-21/h8-11,13H,2-7,12H2,1H3,(H,25,26,27)/b16-13+. The number of nitriles is 1. The summed E-state index contributed by atoms with van der Waals surface area (Å²) in [5, 5.41) is 10.4. The van der Waals surface area contributed by atoms with E-state index >= 15 is 0 Å². The van der Waals surface area contributed by atoms with Crippen molar-refractivity contribution in [1.82, 2.24) is 9.97 Å². The number of thiophene rings is 1. The maximum absolute atomic E-state index is 12.7. The first kappa shape index (κ1) is 19.4. The summed E-state index contributed by atoms with van der Waals surface area (Å²) < 4.78 is 5.68. The molecule has 2 heterocycles. The number of aryl methyl sites for hydroxylation is 2. The van der Waals surface area contributed by atoms with Crippen molar-refractivity contribution in [2.45, 2.75) is 45.4 Å². The van der Waals surface area contributed by atoms with E-state index in [4.69, 9.17) is 4.74 Å². The molecule has 0 unspecified atom stereocenters. The monoisotopic (exact) mass is 405 g/mol. The zero-order valence-electron chi connectivity index (χ0n) is 16.5. The molecule has 1 aliphatic rings. The van der Waals surface area contributed by atoms with Crippen LogP contribution in [0.5, 0.6) is 5.75 Å². The van der Waals surface area contributed by atoms with Crippen molar-refractivity contribution in [2.75, 3.05) is 6.61 Å². The van der Waals surface area contributed by atoms with Gasteiger partial charge in [0.25, 0.3) is 5.56 Å². The van der Waals surface area contributed by atoms with Gasteiger partial charge in [-0.2, -0.15) is 5.26 Å². The summed E-state index contributed by atoms with van der Waals surface area (Å²) in [5.41, 5.74) is 2.20. The topological polar surface area (TPSA) is 78.8 Å². The smallest absolute Gasteiger partial charge is 0.260 e. The Labute approximate surface area is 173 Å². The zero-order chi connectivity index (χ0) is 20.2. The molecule has 2 aromatic heterocycles. The van der Waals surface area contributed by atoms with Crippen LogP contribution >= 0.6 is 11.3 Å². The van der Waals surface area contributed by atoms with Crippen LogP contribution in [0.1, 0.15) is 54.4 Å². The van der Waals surface area contributed by atoms with Gasteiger partial charge in [-0.1, -0.05) is 25.5 Å². The molecule has 0 saturated carbocycles. The SMILES string of the molecule is CCCCOc1ccc(/C=C(\C#N)c2nc3sc4c(c3c(=O)[nH]2)CCCC4)cc1. The van der Waals surface area contributed by atoms with Gasteiger partial charge in [-0.05, 0) is 61.4 Å². The van der Waals surface area contributed by atoms with Crippen molar-refractivity contribution in [3.63, 3.8) is 0 Å². The minimum atomic E-state index is -0.148. The third kappa shape index (κ3) is 4.10. The van der Waals surface area contributed by atoms with Crippen LogP contribution in [0.4, 0.5) is 0 Å². The first-order valence-electron chi connectivity index (χ1n) is 10.1. The lowest BCUT2D eigenvalue weighted by Crippen LogP contribution is -2.12. The highest BCUT2D eigenvalue weighted by Gasteiger charge is 2.20. The fraction of sp³-hybridized carbons (Fsp3) is 0.348. The molecule has 29 heavy (non-hydrogen) atoms. The maximum atomic E-state index is 12.7. The summed E-state index contributed by atoms with van der Waals surface area (Å²) in [6.45, 7) is 2.83. The fourth-order valence-electron chi connectivity index (χ4n) is 3.61. The molecule has 0 fully saturated rings. The lowest BCUT2D eigenvalue weighted by Gasteiger charge is -2.09. The van der Waals surface area contributed by atoms with E-state index in [0.29, 0.717) is 23.4 Å². The van der Waals surface area contributed by atoms with Gasteiger partial charge < -0.3 is 9.72 Å². The van der Waals surface area contributed by atoms with Gasteiger partial charge in [0.2, 0.25) is 0 Å². The zero-order valence-corrected chi connectivity index (χ0v) is 17.3. The molecular formula is C23H23N3O2S. The first-order chi connectivity index (χ1) is 14.2. The van der Waals surface area contributed by atoms with Gasteiger partial charge in [-0.3, -0.25) is 4.79 Å². The Hall–Kier alpha value is -2.91. The predicted molar refractivity (Wildman–Crippen MR) is 117 cm³/mol. The van der Waals surface area contributed by atoms with Crippen LogP contribution < -0.4 is 10.3 Å². The number of hydrogen-bond acceptors (Lipinski definition) is 5. The molecule has 148 valence electrons. The molecule has 0 bridgehead atoms. The van der Waals surface area contributed by atoms with E-state index in [1.54, 1.807) is 17.4 Å². The largest absolute Gasteiger partial charge is 0.494 e. The summed E-state index contributed by atoms with van der Waals surface area (Å²) in [6, 6.07) is 9.77. The second-order valence-electron chi connectivity index (χ2n) is 7.25. The van der Waals surface area contributed by atoms with E-state index in [-0.39, 0.29) is 5.56 Å². The number of ether oxygens (including phenoxy) is 1. The summed E-state index contributed by atoms with van der Waals surface area (Å²) in [4.78, 5) is 22.2. The number of benzene rings is 1. The fourth-order valence-corrected chi connectivity index (χ4v) is 4.87. The average Bonchev–Trinajstić information content (AvgIpc) is 3.12. The van der Waals surface area contributed by atoms with Gasteiger partial charge in [-0.15, -0.1) is 11.3 Å². The molecule has 0 aliphatic heterocycles. The molecule has 0 atom stereocenters. The summed E-state index contributed by atoms with van der Waals surface area (Å²) in [7, 11) is 0. The van der Waals surface area contributed by atoms with Crippen LogP contribution in [0, 0.1) is 11.3 Å². The van der Waals surface area contributed by atoms with Crippen LogP contribution in [-0.2, 0) is 12.8 Å². The van der Waals surface area contributed by atoms with Gasteiger partial charge in [0.05, 0.1) is 17.6 Å². The third-order valence-electron chi connectivity index (χ3n) is 5.16. The Morgan fingerprint density at radius 1 is 1.31 bits per heavy atom. The van der Waals surface area contributed by atoms with E-state index in [9.17, 15) is 10.1 Å². The second kappa shape index (κ2) is 8.62. The van der Waals surface area contributed by atoms with Crippen molar-refractivity contribution in [2.24, 2.45) is 0 Å². The molecule has 5 nitrogen and oxygen atoms in total. The lowest BCUT2D eigenvalue weighted by molar-refractivity contribution is 0.309. The number of nitrogens with zero attached hydrogens (tertiary/aromatic N) is 2. The number of rotatable bonds is 6. The molecular weight excluding hydrogens is 382 g/mol. The van der Waals surface area contributed by atoms with Crippen molar-refractivity contribution in [1.29, 1.82) is 5.26 Å². The first-order valence-corrected chi connectivity index (χ1v) is 10.9. The number of H-pyrrole nitrogens is 1. The van der Waals surface area contributed by atoms with E-state index in [2.05, 4.69) is 23.0 Å². The van der Waals surface area contributed by atoms with Crippen molar-refractivity contribution >= 4 is 33.2 Å². The van der Waals surface area contributed by atoms with Gasteiger partial charge in [0.1, 0.15) is 16.6 Å². The number of allylic oxidation sites excluding steroid dienone is 1. The molecule has 0 spiro atoms. The molecule has 3 aromatic rings. The van der Waals surface area contributed by atoms with Crippen molar-refractivity contribution in [3.05, 3.63) is 56.4 Å². The molecule has 6 heteroatoms. The highest BCUT2D eigenvalue weighted by Crippen LogP contribution is 2.34. The van der Waals surface area contributed by atoms with E-state index in [0.717, 1.165) is 60.2 Å².